The van der Waals surface area contributed by atoms with E-state index >= 15 is 0 Å². The molecule has 1 heterocycles. The molecule has 2 rings (SSSR count). The summed E-state index contributed by atoms with van der Waals surface area (Å²) in [4.78, 5) is 15.6. The Morgan fingerprint density at radius 1 is 1.60 bits per heavy atom. The fourth-order valence-corrected chi connectivity index (χ4v) is 2.52. The van der Waals surface area contributed by atoms with Crippen LogP contribution in [0.4, 0.5) is 5.69 Å². The largest absolute Gasteiger partial charge is 0.494 e. The normalized spacial score (nSPS) is 17.9. The number of hydrogen-bond acceptors (Lipinski definition) is 4. The number of carbonyl (C=O) groups excluding carboxylic acids is 1. The number of aliphatic imine (C=N–C) groups is 1. The van der Waals surface area contributed by atoms with Crippen molar-refractivity contribution in [2.24, 2.45) is 10.7 Å². The zero-order valence-corrected chi connectivity index (χ0v) is 9.00. The maximum Gasteiger partial charge on any atom is 0.168 e. The molecule has 0 bridgehead atoms. The number of rotatable bonds is 2. The van der Waals surface area contributed by atoms with Crippen molar-refractivity contribution >= 4 is 26.6 Å². The van der Waals surface area contributed by atoms with Crippen LogP contribution in [0.3, 0.4) is 0 Å². The summed E-state index contributed by atoms with van der Waals surface area (Å²) >= 11 is 0. The molecular weight excluding hydrogens is 212 g/mol. The van der Waals surface area contributed by atoms with Gasteiger partial charge in [-0.2, -0.15) is 0 Å². The fourth-order valence-electron chi connectivity index (χ4n) is 1.37. The minimum atomic E-state index is -0.826. The van der Waals surface area contributed by atoms with Gasteiger partial charge in [-0.3, -0.25) is 0 Å². The second-order valence-electron chi connectivity index (χ2n) is 2.90. The van der Waals surface area contributed by atoms with Crippen LogP contribution in [0.25, 0.3) is 0 Å². The van der Waals surface area contributed by atoms with Crippen LogP contribution in [-0.4, -0.2) is 17.0 Å². The Morgan fingerprint density at radius 2 is 2.40 bits per heavy atom. The summed E-state index contributed by atoms with van der Waals surface area (Å²) in [6, 6.07) is 5.42. The fraction of sp³-hybridized carbons (Fsp3) is 0.200. The molecule has 0 radical (unpaired) electrons. The lowest BCUT2D eigenvalue weighted by atomic mass is 10.3. The first-order valence-corrected chi connectivity index (χ1v) is 5.72. The van der Waals surface area contributed by atoms with Crippen LogP contribution in [-0.2, 0) is 4.79 Å². The molecule has 1 atom stereocenters. The predicted molar refractivity (Wildman–Crippen MR) is 60.4 cm³/mol. The van der Waals surface area contributed by atoms with Gasteiger partial charge in [0.2, 0.25) is 0 Å². The molecule has 0 saturated carbocycles. The molecule has 5 heteroatoms. The molecule has 15 heavy (non-hydrogen) atoms. The van der Waals surface area contributed by atoms with Gasteiger partial charge in [0.25, 0.3) is 0 Å². The highest BCUT2D eigenvalue weighted by molar-refractivity contribution is 8.27. The number of benzene rings is 1. The van der Waals surface area contributed by atoms with Crippen molar-refractivity contribution in [3.05, 3.63) is 18.2 Å². The van der Waals surface area contributed by atoms with E-state index in [-0.39, 0.29) is 0 Å². The maximum atomic E-state index is 10.7. The summed E-state index contributed by atoms with van der Waals surface area (Å²) in [5.41, 5.74) is 6.36. The van der Waals surface area contributed by atoms with E-state index in [1.54, 1.807) is 12.1 Å². The molecule has 0 aromatic heterocycles. The molecular formula is C10H10N2O2S. The lowest BCUT2D eigenvalue weighted by molar-refractivity contribution is 0.339. The summed E-state index contributed by atoms with van der Waals surface area (Å²) in [6.07, 6.45) is 0. The molecule has 0 spiro atoms. The highest BCUT2D eigenvalue weighted by atomic mass is 32.2. The predicted octanol–water partition coefficient (Wildman–Crippen LogP) is 1.74. The monoisotopic (exact) mass is 222 g/mol. The first-order chi connectivity index (χ1) is 7.26. The molecule has 1 unspecified atom stereocenters. The van der Waals surface area contributed by atoms with Crippen molar-refractivity contribution in [1.82, 2.24) is 0 Å². The Morgan fingerprint density at radius 3 is 3.07 bits per heavy atom. The smallest absolute Gasteiger partial charge is 0.168 e. The zero-order chi connectivity index (χ0) is 10.8. The number of ether oxygens (including phenoxy) is 1. The van der Waals surface area contributed by atoms with Crippen LogP contribution < -0.4 is 10.5 Å². The van der Waals surface area contributed by atoms with Crippen molar-refractivity contribution in [2.75, 3.05) is 6.61 Å². The van der Waals surface area contributed by atoms with Gasteiger partial charge in [0.1, 0.15) is 5.75 Å². The average molecular weight is 222 g/mol. The third-order valence-electron chi connectivity index (χ3n) is 1.99. The van der Waals surface area contributed by atoms with Crippen molar-refractivity contribution in [3.63, 3.8) is 0 Å². The van der Waals surface area contributed by atoms with Gasteiger partial charge in [-0.1, -0.05) is 0 Å². The summed E-state index contributed by atoms with van der Waals surface area (Å²) in [5, 5.41) is 2.23. The van der Waals surface area contributed by atoms with Gasteiger partial charge in [0, 0.05) is 4.90 Å². The molecule has 0 saturated heterocycles. The number of nitrogens with zero attached hydrogens (tertiary/aromatic N) is 1. The number of fused-ring (bicyclic) bond motifs is 1. The summed E-state index contributed by atoms with van der Waals surface area (Å²) in [5.74, 6) is 0.730. The van der Waals surface area contributed by atoms with Gasteiger partial charge in [-0.25, -0.2) is 9.79 Å². The molecule has 1 aliphatic rings. The standard InChI is InChI=1S/C10H10N2O2S/c1-2-14-7-3-4-8-9(5-7)15(6-13)10(11)12-8/h3-5H,2H2,1H3,(H2,11,12). The van der Waals surface area contributed by atoms with Gasteiger partial charge in [0.15, 0.2) is 10.4 Å². The average Bonchev–Trinajstić information content (AvgIpc) is 2.53. The Kier molecular flexibility index (Phi) is 2.58. The Labute approximate surface area is 89.7 Å². The quantitative estimate of drug-likeness (QED) is 0.775. The second kappa shape index (κ2) is 3.88. The molecule has 0 aliphatic carbocycles. The summed E-state index contributed by atoms with van der Waals surface area (Å²) in [6.45, 7) is 2.50. The van der Waals surface area contributed by atoms with Crippen LogP contribution in [0.1, 0.15) is 6.92 Å². The molecule has 2 N–H and O–H groups in total. The lowest BCUT2D eigenvalue weighted by Crippen LogP contribution is -2.04. The second-order valence-corrected chi connectivity index (χ2v) is 4.54. The van der Waals surface area contributed by atoms with E-state index in [2.05, 4.69) is 4.99 Å². The molecule has 78 valence electrons. The third-order valence-corrected chi connectivity index (χ3v) is 3.43. The first kappa shape index (κ1) is 9.96. The van der Waals surface area contributed by atoms with Crippen LogP contribution >= 0.6 is 10.5 Å². The maximum absolute atomic E-state index is 10.7. The van der Waals surface area contributed by atoms with E-state index in [9.17, 15) is 4.79 Å². The van der Waals surface area contributed by atoms with E-state index < -0.39 is 10.5 Å². The van der Waals surface area contributed by atoms with Crippen molar-refractivity contribution in [2.45, 2.75) is 11.8 Å². The van der Waals surface area contributed by atoms with E-state index in [1.807, 2.05) is 18.2 Å². The van der Waals surface area contributed by atoms with E-state index in [1.165, 1.54) is 0 Å². The highest BCUT2D eigenvalue weighted by Gasteiger charge is 2.19. The topological polar surface area (TPSA) is 64.7 Å². The molecule has 0 amide bonds. The minimum absolute atomic E-state index is 0.327. The molecule has 1 aromatic carbocycles. The van der Waals surface area contributed by atoms with E-state index in [0.717, 1.165) is 16.3 Å². The van der Waals surface area contributed by atoms with Gasteiger partial charge in [0.05, 0.1) is 12.3 Å². The van der Waals surface area contributed by atoms with Crippen molar-refractivity contribution in [3.8, 4) is 5.75 Å². The van der Waals surface area contributed by atoms with Crippen LogP contribution in [0.5, 0.6) is 5.75 Å². The molecule has 4 nitrogen and oxygen atoms in total. The Hall–Kier alpha value is -1.58. The molecule has 1 aromatic rings. The van der Waals surface area contributed by atoms with E-state index in [4.69, 9.17) is 10.5 Å². The first-order valence-electron chi connectivity index (χ1n) is 4.49. The van der Waals surface area contributed by atoms with Gasteiger partial charge in [-0.05, 0) is 35.6 Å². The SMILES string of the molecule is CCOc1ccc2c(c1)S(=C=O)C(N)=N2. The zero-order valence-electron chi connectivity index (χ0n) is 8.19. The van der Waals surface area contributed by atoms with Crippen LogP contribution in [0, 0.1) is 0 Å². The third kappa shape index (κ3) is 1.67. The Balaban J connectivity index is 2.50. The van der Waals surface area contributed by atoms with Crippen LogP contribution in [0.2, 0.25) is 0 Å². The van der Waals surface area contributed by atoms with Crippen molar-refractivity contribution in [1.29, 1.82) is 0 Å². The molecule has 0 fully saturated rings. The van der Waals surface area contributed by atoms with Gasteiger partial charge >= 0.3 is 0 Å². The number of hydrogen-bond donors (Lipinski definition) is 1. The summed E-state index contributed by atoms with van der Waals surface area (Å²) in [7, 11) is -0.826. The number of nitrogens with two attached hydrogens (primary N) is 1. The van der Waals surface area contributed by atoms with E-state index in [0.29, 0.717) is 11.8 Å². The minimum Gasteiger partial charge on any atom is -0.494 e. The van der Waals surface area contributed by atoms with Crippen molar-refractivity contribution < 1.29 is 9.53 Å². The van der Waals surface area contributed by atoms with Gasteiger partial charge in [-0.15, -0.1) is 0 Å². The lowest BCUT2D eigenvalue weighted by Gasteiger charge is -2.04. The van der Waals surface area contributed by atoms with Gasteiger partial charge < -0.3 is 10.5 Å². The Bertz CT molecular complexity index is 490. The highest BCUT2D eigenvalue weighted by Crippen LogP contribution is 2.42. The number of amidine groups is 1. The molecule has 1 aliphatic heterocycles. The van der Waals surface area contributed by atoms with Crippen LogP contribution in [0.15, 0.2) is 28.1 Å². The summed E-state index contributed by atoms with van der Waals surface area (Å²) < 4.78 is 5.34.